The molecule has 32 heavy (non-hydrogen) atoms. The summed E-state index contributed by atoms with van der Waals surface area (Å²) in [6.07, 6.45) is 30.6. The molecule has 1 heterocycles. The van der Waals surface area contributed by atoms with Crippen LogP contribution >= 0.6 is 0 Å². The molecule has 1 aromatic carbocycles. The molecule has 0 amide bonds. The van der Waals surface area contributed by atoms with Crippen molar-refractivity contribution in [2.45, 2.75) is 136 Å². The van der Waals surface area contributed by atoms with Crippen LogP contribution in [0, 0.1) is 0 Å². The first-order valence-corrected chi connectivity index (χ1v) is 14.1. The molecule has 2 rings (SSSR count). The fourth-order valence-corrected chi connectivity index (χ4v) is 5.05. The van der Waals surface area contributed by atoms with E-state index in [1.807, 2.05) is 0 Å². The molecule has 182 valence electrons. The molecule has 0 bridgehead atoms. The third-order valence-corrected chi connectivity index (χ3v) is 7.06. The van der Waals surface area contributed by atoms with E-state index >= 15 is 0 Å². The van der Waals surface area contributed by atoms with Gasteiger partial charge in [-0.15, -0.1) is 0 Å². The Morgan fingerprint density at radius 1 is 0.562 bits per heavy atom. The van der Waals surface area contributed by atoms with Crippen molar-refractivity contribution in [3.05, 3.63) is 42.7 Å². The first-order chi connectivity index (χ1) is 15.9. The van der Waals surface area contributed by atoms with Gasteiger partial charge in [-0.3, -0.25) is 0 Å². The zero-order valence-corrected chi connectivity index (χ0v) is 21.4. The molecule has 2 heteroatoms. The van der Waals surface area contributed by atoms with Crippen LogP contribution in [-0.2, 0) is 0 Å². The first kappa shape index (κ1) is 26.8. The zero-order valence-electron chi connectivity index (χ0n) is 21.4. The van der Waals surface area contributed by atoms with Crippen molar-refractivity contribution in [1.29, 1.82) is 0 Å². The lowest BCUT2D eigenvalue weighted by Gasteiger charge is -2.32. The summed E-state index contributed by atoms with van der Waals surface area (Å²) in [5.41, 5.74) is 1.31. The Morgan fingerprint density at radius 3 is 1.50 bits per heavy atom. The summed E-state index contributed by atoms with van der Waals surface area (Å²) in [6.45, 7) is 5.79. The standard InChI is InChI=1S/C30H52N2/c1-3-5-6-7-8-9-10-11-12-13-14-15-16-17-18-19-23-26-31-27-28-32(30(31)4-2)29-24-21-20-22-25-29/h20-22,24-25,27-28,30H,3-19,23,26H2,1-2H3. The van der Waals surface area contributed by atoms with Crippen LogP contribution in [0.25, 0.3) is 0 Å². The molecule has 1 aromatic rings. The van der Waals surface area contributed by atoms with E-state index in [9.17, 15) is 0 Å². The molecular weight excluding hydrogens is 388 g/mol. The minimum absolute atomic E-state index is 0.485. The van der Waals surface area contributed by atoms with Crippen molar-refractivity contribution in [1.82, 2.24) is 4.90 Å². The van der Waals surface area contributed by atoms with Gasteiger partial charge in [-0.2, -0.15) is 0 Å². The molecule has 1 aliphatic rings. The van der Waals surface area contributed by atoms with Crippen LogP contribution < -0.4 is 4.90 Å². The molecule has 0 fully saturated rings. The highest BCUT2D eigenvalue weighted by Crippen LogP contribution is 2.26. The van der Waals surface area contributed by atoms with Gasteiger partial charge in [-0.25, -0.2) is 0 Å². The Bertz CT molecular complexity index is 567. The maximum absolute atomic E-state index is 2.54. The summed E-state index contributed by atoms with van der Waals surface area (Å²) in [5, 5.41) is 0. The second-order valence-electron chi connectivity index (χ2n) is 9.82. The number of anilines is 1. The van der Waals surface area contributed by atoms with E-state index in [1.54, 1.807) is 0 Å². The largest absolute Gasteiger partial charge is 0.356 e. The lowest BCUT2D eigenvalue weighted by Crippen LogP contribution is -2.38. The average molecular weight is 441 g/mol. The van der Waals surface area contributed by atoms with Crippen LogP contribution in [0.15, 0.2) is 42.7 Å². The molecule has 0 saturated heterocycles. The van der Waals surface area contributed by atoms with E-state index in [1.165, 1.54) is 121 Å². The van der Waals surface area contributed by atoms with E-state index < -0.39 is 0 Å². The Balaban J connectivity index is 1.37. The summed E-state index contributed by atoms with van der Waals surface area (Å²) in [5.74, 6) is 0. The number of benzene rings is 1. The van der Waals surface area contributed by atoms with E-state index in [-0.39, 0.29) is 0 Å². The fraction of sp³-hybridized carbons (Fsp3) is 0.733. The van der Waals surface area contributed by atoms with E-state index in [0.717, 1.165) is 6.42 Å². The van der Waals surface area contributed by atoms with Gasteiger partial charge in [-0.05, 0) is 25.0 Å². The van der Waals surface area contributed by atoms with Crippen LogP contribution in [0.3, 0.4) is 0 Å². The lowest BCUT2D eigenvalue weighted by atomic mass is 10.0. The SMILES string of the molecule is CCCCCCCCCCCCCCCCCCCN1C=CN(c2ccccc2)C1CC. The Morgan fingerprint density at radius 2 is 1.03 bits per heavy atom. The molecule has 1 atom stereocenters. The smallest absolute Gasteiger partial charge is 0.105 e. The molecule has 0 aliphatic carbocycles. The highest BCUT2D eigenvalue weighted by molar-refractivity contribution is 5.51. The molecule has 0 aromatic heterocycles. The number of rotatable bonds is 20. The highest BCUT2D eigenvalue weighted by Gasteiger charge is 2.24. The van der Waals surface area contributed by atoms with Crippen LogP contribution in [0.4, 0.5) is 5.69 Å². The normalized spacial score (nSPS) is 15.8. The van der Waals surface area contributed by atoms with Gasteiger partial charge in [0.15, 0.2) is 0 Å². The molecule has 2 nitrogen and oxygen atoms in total. The number of nitrogens with zero attached hydrogens (tertiary/aromatic N) is 2. The molecule has 1 aliphatic heterocycles. The van der Waals surface area contributed by atoms with Gasteiger partial charge in [0.05, 0.1) is 0 Å². The average Bonchev–Trinajstić information content (AvgIpc) is 3.24. The monoisotopic (exact) mass is 440 g/mol. The summed E-state index contributed by atoms with van der Waals surface area (Å²) >= 11 is 0. The predicted octanol–water partition coefficient (Wildman–Crippen LogP) is 9.67. The van der Waals surface area contributed by atoms with Gasteiger partial charge >= 0.3 is 0 Å². The van der Waals surface area contributed by atoms with Crippen LogP contribution in [-0.4, -0.2) is 17.6 Å². The van der Waals surface area contributed by atoms with Gasteiger partial charge < -0.3 is 9.80 Å². The van der Waals surface area contributed by atoms with E-state index in [2.05, 4.69) is 66.4 Å². The van der Waals surface area contributed by atoms with Gasteiger partial charge in [0.2, 0.25) is 0 Å². The molecular formula is C30H52N2. The summed E-state index contributed by atoms with van der Waals surface area (Å²) < 4.78 is 0. The Labute approximate surface area is 200 Å². The van der Waals surface area contributed by atoms with E-state index in [0.29, 0.717) is 6.17 Å². The number of unbranched alkanes of at least 4 members (excludes halogenated alkanes) is 16. The topological polar surface area (TPSA) is 6.48 Å². The van der Waals surface area contributed by atoms with Crippen molar-refractivity contribution < 1.29 is 0 Å². The van der Waals surface area contributed by atoms with Gasteiger partial charge in [0, 0.05) is 24.6 Å². The fourth-order valence-electron chi connectivity index (χ4n) is 5.05. The summed E-state index contributed by atoms with van der Waals surface area (Å²) in [7, 11) is 0. The highest BCUT2D eigenvalue weighted by atomic mass is 15.4. The van der Waals surface area contributed by atoms with Gasteiger partial charge in [0.1, 0.15) is 6.17 Å². The lowest BCUT2D eigenvalue weighted by molar-refractivity contribution is 0.285. The maximum Gasteiger partial charge on any atom is 0.105 e. The minimum Gasteiger partial charge on any atom is -0.356 e. The summed E-state index contributed by atoms with van der Waals surface area (Å²) in [6, 6.07) is 10.8. The molecule has 0 spiro atoms. The number of hydrogen-bond acceptors (Lipinski definition) is 2. The maximum atomic E-state index is 2.54. The number of para-hydroxylation sites is 1. The molecule has 0 N–H and O–H groups in total. The van der Waals surface area contributed by atoms with Crippen molar-refractivity contribution in [3.63, 3.8) is 0 Å². The Kier molecular flexibility index (Phi) is 15.1. The summed E-state index contributed by atoms with van der Waals surface area (Å²) in [4.78, 5) is 4.96. The Hall–Kier alpha value is -1.44. The van der Waals surface area contributed by atoms with Crippen molar-refractivity contribution >= 4 is 5.69 Å². The molecule has 0 radical (unpaired) electrons. The predicted molar refractivity (Wildman–Crippen MR) is 143 cm³/mol. The zero-order chi connectivity index (χ0) is 22.7. The van der Waals surface area contributed by atoms with Crippen LogP contribution in [0.2, 0.25) is 0 Å². The molecule has 0 saturated carbocycles. The number of hydrogen-bond donors (Lipinski definition) is 0. The second-order valence-corrected chi connectivity index (χ2v) is 9.82. The van der Waals surface area contributed by atoms with E-state index in [4.69, 9.17) is 0 Å². The third-order valence-electron chi connectivity index (χ3n) is 7.06. The van der Waals surface area contributed by atoms with Crippen LogP contribution in [0.5, 0.6) is 0 Å². The van der Waals surface area contributed by atoms with Crippen molar-refractivity contribution in [2.24, 2.45) is 0 Å². The third kappa shape index (κ3) is 10.9. The first-order valence-electron chi connectivity index (χ1n) is 14.1. The van der Waals surface area contributed by atoms with Gasteiger partial charge in [-0.1, -0.05) is 135 Å². The minimum atomic E-state index is 0.485. The van der Waals surface area contributed by atoms with Crippen molar-refractivity contribution in [3.8, 4) is 0 Å². The van der Waals surface area contributed by atoms with Crippen LogP contribution in [0.1, 0.15) is 129 Å². The van der Waals surface area contributed by atoms with Crippen molar-refractivity contribution in [2.75, 3.05) is 11.4 Å². The second kappa shape index (κ2) is 18.0. The molecule has 1 unspecified atom stereocenters. The van der Waals surface area contributed by atoms with Gasteiger partial charge in [0.25, 0.3) is 0 Å². The quantitative estimate of drug-likeness (QED) is 0.186.